The molecule has 3 nitrogen and oxygen atoms in total. The molecule has 0 bridgehead atoms. The summed E-state index contributed by atoms with van der Waals surface area (Å²) in [5.41, 5.74) is 2.38. The van der Waals surface area contributed by atoms with Crippen LogP contribution in [-0.2, 0) is 0 Å². The minimum Gasteiger partial charge on any atom is -0.486 e. The van der Waals surface area contributed by atoms with E-state index in [2.05, 4.69) is 48.6 Å². The van der Waals surface area contributed by atoms with Gasteiger partial charge >= 0.3 is 0 Å². The normalized spacial score (nSPS) is 14.5. The summed E-state index contributed by atoms with van der Waals surface area (Å²) in [4.78, 5) is 0. The van der Waals surface area contributed by atoms with E-state index in [1.165, 1.54) is 5.56 Å². The Balaban J connectivity index is 1.79. The van der Waals surface area contributed by atoms with Crippen LogP contribution in [0.15, 0.2) is 48.5 Å². The van der Waals surface area contributed by atoms with Gasteiger partial charge in [0.2, 0.25) is 0 Å². The van der Waals surface area contributed by atoms with Gasteiger partial charge in [-0.1, -0.05) is 43.7 Å². The summed E-state index contributed by atoms with van der Waals surface area (Å²) >= 11 is 0. The summed E-state index contributed by atoms with van der Waals surface area (Å²) in [6.45, 7) is 3.46. The van der Waals surface area contributed by atoms with Gasteiger partial charge in [0, 0.05) is 11.8 Å². The van der Waals surface area contributed by atoms with Crippen molar-refractivity contribution in [3.05, 3.63) is 54.1 Å². The Hall–Kier alpha value is -2.16. The summed E-state index contributed by atoms with van der Waals surface area (Å²) in [6.07, 6.45) is 2.23. The van der Waals surface area contributed by atoms with Crippen LogP contribution in [0.4, 0.5) is 5.69 Å². The van der Waals surface area contributed by atoms with E-state index >= 15 is 0 Å². The topological polar surface area (TPSA) is 30.5 Å². The van der Waals surface area contributed by atoms with E-state index < -0.39 is 0 Å². The highest BCUT2D eigenvalue weighted by molar-refractivity contribution is 5.56. The van der Waals surface area contributed by atoms with Crippen molar-refractivity contribution >= 4 is 5.69 Å². The van der Waals surface area contributed by atoms with Crippen molar-refractivity contribution in [3.63, 3.8) is 0 Å². The number of benzene rings is 2. The predicted molar refractivity (Wildman–Crippen MR) is 85.1 cm³/mol. The number of rotatable bonds is 5. The van der Waals surface area contributed by atoms with Gasteiger partial charge in [0.25, 0.3) is 0 Å². The van der Waals surface area contributed by atoms with Gasteiger partial charge in [-0.05, 0) is 24.1 Å². The zero-order valence-electron chi connectivity index (χ0n) is 12.3. The number of hydrogen-bond acceptors (Lipinski definition) is 3. The van der Waals surface area contributed by atoms with Crippen LogP contribution in [0, 0.1) is 0 Å². The second-order valence-electron chi connectivity index (χ2n) is 5.25. The molecule has 1 aliphatic rings. The molecule has 1 atom stereocenters. The lowest BCUT2D eigenvalue weighted by Crippen LogP contribution is -2.16. The second-order valence-corrected chi connectivity index (χ2v) is 5.25. The van der Waals surface area contributed by atoms with Gasteiger partial charge in [0.05, 0.1) is 6.04 Å². The quantitative estimate of drug-likeness (QED) is 0.881. The van der Waals surface area contributed by atoms with Gasteiger partial charge in [-0.25, -0.2) is 0 Å². The lowest BCUT2D eigenvalue weighted by atomic mass is 10.0. The minimum absolute atomic E-state index is 0.318. The van der Waals surface area contributed by atoms with Crippen LogP contribution in [0.1, 0.15) is 31.4 Å². The smallest absolute Gasteiger partial charge is 0.163 e. The van der Waals surface area contributed by atoms with Crippen molar-refractivity contribution in [2.24, 2.45) is 0 Å². The molecule has 21 heavy (non-hydrogen) atoms. The van der Waals surface area contributed by atoms with Gasteiger partial charge < -0.3 is 14.8 Å². The first-order valence-corrected chi connectivity index (χ1v) is 7.58. The molecule has 110 valence electrons. The average Bonchev–Trinajstić information content (AvgIpc) is 2.55. The van der Waals surface area contributed by atoms with E-state index in [1.54, 1.807) is 0 Å². The van der Waals surface area contributed by atoms with Gasteiger partial charge in [0.15, 0.2) is 11.5 Å². The molecule has 0 spiro atoms. The van der Waals surface area contributed by atoms with E-state index in [9.17, 15) is 0 Å². The molecular weight excluding hydrogens is 262 g/mol. The number of nitrogens with one attached hydrogen (secondary N) is 1. The summed E-state index contributed by atoms with van der Waals surface area (Å²) in [7, 11) is 0. The molecule has 1 aliphatic heterocycles. The van der Waals surface area contributed by atoms with Crippen LogP contribution in [0.25, 0.3) is 0 Å². The molecular formula is C18H21NO2. The Labute approximate surface area is 125 Å². The van der Waals surface area contributed by atoms with Crippen LogP contribution >= 0.6 is 0 Å². The fourth-order valence-electron chi connectivity index (χ4n) is 2.63. The molecule has 1 heterocycles. The highest BCUT2D eigenvalue weighted by Gasteiger charge is 2.14. The molecule has 0 saturated carbocycles. The van der Waals surface area contributed by atoms with Crippen molar-refractivity contribution in [2.75, 3.05) is 18.5 Å². The number of ether oxygens (including phenoxy) is 2. The maximum absolute atomic E-state index is 5.65. The molecule has 0 amide bonds. The zero-order chi connectivity index (χ0) is 14.5. The molecule has 3 rings (SSSR count). The zero-order valence-corrected chi connectivity index (χ0v) is 12.3. The fraction of sp³-hybridized carbons (Fsp3) is 0.333. The van der Waals surface area contributed by atoms with Crippen LogP contribution in [-0.4, -0.2) is 13.2 Å². The first-order chi connectivity index (χ1) is 10.4. The second kappa shape index (κ2) is 6.53. The Morgan fingerprint density at radius 2 is 1.76 bits per heavy atom. The van der Waals surface area contributed by atoms with Gasteiger partial charge in [-0.3, -0.25) is 0 Å². The molecule has 0 radical (unpaired) electrons. The fourth-order valence-corrected chi connectivity index (χ4v) is 2.63. The molecule has 3 heteroatoms. The number of hydrogen-bond donors (Lipinski definition) is 1. The Morgan fingerprint density at radius 1 is 1.00 bits per heavy atom. The van der Waals surface area contributed by atoms with Crippen molar-refractivity contribution in [3.8, 4) is 11.5 Å². The van der Waals surface area contributed by atoms with Crippen molar-refractivity contribution in [1.29, 1.82) is 0 Å². The molecule has 1 unspecified atom stereocenters. The monoisotopic (exact) mass is 283 g/mol. The molecule has 0 aliphatic carbocycles. The summed E-state index contributed by atoms with van der Waals surface area (Å²) in [6, 6.07) is 16.9. The third-order valence-corrected chi connectivity index (χ3v) is 3.66. The SMILES string of the molecule is CCCC(Nc1ccc2c(c1)OCCO2)c1ccccc1. The van der Waals surface area contributed by atoms with E-state index in [0.717, 1.165) is 30.0 Å². The molecule has 2 aromatic rings. The number of fused-ring (bicyclic) bond motifs is 1. The predicted octanol–water partition coefficient (Wildman–Crippen LogP) is 4.41. The van der Waals surface area contributed by atoms with Crippen LogP contribution in [0.3, 0.4) is 0 Å². The van der Waals surface area contributed by atoms with E-state index in [4.69, 9.17) is 9.47 Å². The van der Waals surface area contributed by atoms with Crippen LogP contribution in [0.2, 0.25) is 0 Å². The van der Waals surface area contributed by atoms with Crippen molar-refractivity contribution < 1.29 is 9.47 Å². The molecule has 1 N–H and O–H groups in total. The Bertz CT molecular complexity index is 583. The first-order valence-electron chi connectivity index (χ1n) is 7.58. The Kier molecular flexibility index (Phi) is 4.29. The van der Waals surface area contributed by atoms with E-state index in [-0.39, 0.29) is 0 Å². The third kappa shape index (κ3) is 3.30. The summed E-state index contributed by atoms with van der Waals surface area (Å²) in [5.74, 6) is 1.66. The summed E-state index contributed by atoms with van der Waals surface area (Å²) in [5, 5.41) is 3.61. The third-order valence-electron chi connectivity index (χ3n) is 3.66. The van der Waals surface area contributed by atoms with E-state index in [0.29, 0.717) is 19.3 Å². The maximum Gasteiger partial charge on any atom is 0.163 e. The molecule has 2 aromatic carbocycles. The standard InChI is InChI=1S/C18H21NO2/c1-2-6-16(14-7-4-3-5-8-14)19-15-9-10-17-18(13-15)21-12-11-20-17/h3-5,7-10,13,16,19H,2,6,11-12H2,1H3. The average molecular weight is 283 g/mol. The van der Waals surface area contributed by atoms with Crippen LogP contribution in [0.5, 0.6) is 11.5 Å². The lowest BCUT2D eigenvalue weighted by molar-refractivity contribution is 0.171. The Morgan fingerprint density at radius 3 is 2.52 bits per heavy atom. The van der Waals surface area contributed by atoms with Crippen LogP contribution < -0.4 is 14.8 Å². The molecule has 0 aromatic heterocycles. The molecule has 0 saturated heterocycles. The first kappa shape index (κ1) is 13.8. The van der Waals surface area contributed by atoms with Gasteiger partial charge in [-0.2, -0.15) is 0 Å². The largest absolute Gasteiger partial charge is 0.486 e. The molecule has 0 fully saturated rings. The van der Waals surface area contributed by atoms with Crippen molar-refractivity contribution in [2.45, 2.75) is 25.8 Å². The van der Waals surface area contributed by atoms with Crippen molar-refractivity contribution in [1.82, 2.24) is 0 Å². The summed E-state index contributed by atoms with van der Waals surface area (Å²) < 4.78 is 11.2. The highest BCUT2D eigenvalue weighted by atomic mass is 16.6. The van der Waals surface area contributed by atoms with E-state index in [1.807, 2.05) is 12.1 Å². The number of anilines is 1. The van der Waals surface area contributed by atoms with Gasteiger partial charge in [-0.15, -0.1) is 0 Å². The highest BCUT2D eigenvalue weighted by Crippen LogP contribution is 2.34. The maximum atomic E-state index is 5.65. The lowest BCUT2D eigenvalue weighted by Gasteiger charge is -2.23. The minimum atomic E-state index is 0.318. The van der Waals surface area contributed by atoms with Gasteiger partial charge in [0.1, 0.15) is 13.2 Å².